The van der Waals surface area contributed by atoms with Crippen molar-refractivity contribution in [3.8, 4) is 11.4 Å². The number of anilines is 2. The van der Waals surface area contributed by atoms with Gasteiger partial charge in [-0.05, 0) is 55.2 Å². The standard InChI is InChI=1S/C25H26FN3O3/c1-14-9-18-22(12-25(2,3)13-23(18)30)29(14)15-5-7-17(24(27)31)21(10-15)28-20-8-6-16(32-4)11-19(20)26/h5-11,28H,12-13H2,1-4H3,(H2,27,31). The summed E-state index contributed by atoms with van der Waals surface area (Å²) < 4.78 is 21.6. The Kier molecular flexibility index (Phi) is 5.28. The minimum Gasteiger partial charge on any atom is -0.497 e. The van der Waals surface area contributed by atoms with Gasteiger partial charge in [-0.1, -0.05) is 13.8 Å². The third kappa shape index (κ3) is 3.86. The van der Waals surface area contributed by atoms with Crippen LogP contribution in [0, 0.1) is 18.2 Å². The molecule has 166 valence electrons. The van der Waals surface area contributed by atoms with Gasteiger partial charge in [0.2, 0.25) is 0 Å². The summed E-state index contributed by atoms with van der Waals surface area (Å²) in [5.41, 5.74) is 9.57. The Morgan fingerprint density at radius 2 is 1.88 bits per heavy atom. The summed E-state index contributed by atoms with van der Waals surface area (Å²) in [6.45, 7) is 6.10. The number of carbonyl (C=O) groups excluding carboxylic acids is 2. The fourth-order valence-corrected chi connectivity index (χ4v) is 4.37. The van der Waals surface area contributed by atoms with E-state index in [9.17, 15) is 14.0 Å². The van der Waals surface area contributed by atoms with E-state index in [4.69, 9.17) is 10.5 Å². The molecule has 0 spiro atoms. The van der Waals surface area contributed by atoms with Gasteiger partial charge in [0.1, 0.15) is 11.6 Å². The number of fused-ring (bicyclic) bond motifs is 1. The number of amides is 1. The van der Waals surface area contributed by atoms with Crippen molar-refractivity contribution in [2.75, 3.05) is 12.4 Å². The molecule has 0 radical (unpaired) electrons. The van der Waals surface area contributed by atoms with Crippen molar-refractivity contribution < 1.29 is 18.7 Å². The molecule has 7 heteroatoms. The zero-order chi connectivity index (χ0) is 23.2. The number of hydrogen-bond acceptors (Lipinski definition) is 4. The van der Waals surface area contributed by atoms with E-state index in [1.54, 1.807) is 24.3 Å². The van der Waals surface area contributed by atoms with E-state index >= 15 is 0 Å². The van der Waals surface area contributed by atoms with E-state index in [-0.39, 0.29) is 22.4 Å². The van der Waals surface area contributed by atoms with E-state index in [0.717, 1.165) is 29.1 Å². The van der Waals surface area contributed by atoms with Crippen molar-refractivity contribution in [2.24, 2.45) is 11.1 Å². The van der Waals surface area contributed by atoms with E-state index in [2.05, 4.69) is 19.2 Å². The molecule has 4 rings (SSSR count). The fraction of sp³-hybridized carbons (Fsp3) is 0.280. The Labute approximate surface area is 186 Å². The number of hydrogen-bond donors (Lipinski definition) is 2. The molecule has 1 aliphatic rings. The second-order valence-corrected chi connectivity index (χ2v) is 8.99. The van der Waals surface area contributed by atoms with Gasteiger partial charge in [-0.2, -0.15) is 0 Å². The number of nitrogens with zero attached hydrogens (tertiary/aromatic N) is 1. The number of halogens is 1. The molecule has 3 N–H and O–H groups in total. The molecule has 1 amide bonds. The van der Waals surface area contributed by atoms with Crippen LogP contribution in [0.1, 0.15) is 52.4 Å². The van der Waals surface area contributed by atoms with Crippen molar-refractivity contribution in [2.45, 2.75) is 33.6 Å². The summed E-state index contributed by atoms with van der Waals surface area (Å²) in [7, 11) is 1.46. The first-order valence-electron chi connectivity index (χ1n) is 10.4. The van der Waals surface area contributed by atoms with Gasteiger partial charge in [-0.25, -0.2) is 4.39 Å². The molecule has 0 atom stereocenters. The highest BCUT2D eigenvalue weighted by Crippen LogP contribution is 2.38. The van der Waals surface area contributed by atoms with Crippen molar-refractivity contribution >= 4 is 23.1 Å². The van der Waals surface area contributed by atoms with Crippen molar-refractivity contribution in [1.82, 2.24) is 4.57 Å². The van der Waals surface area contributed by atoms with Crippen LogP contribution in [0.15, 0.2) is 42.5 Å². The van der Waals surface area contributed by atoms with E-state index in [0.29, 0.717) is 17.9 Å². The summed E-state index contributed by atoms with van der Waals surface area (Å²) in [6, 6.07) is 11.5. The number of methoxy groups -OCH3 is 1. The Balaban J connectivity index is 1.82. The second-order valence-electron chi connectivity index (χ2n) is 8.99. The molecular weight excluding hydrogens is 409 g/mol. The van der Waals surface area contributed by atoms with Gasteiger partial charge in [0.25, 0.3) is 5.91 Å². The van der Waals surface area contributed by atoms with E-state index in [1.807, 2.05) is 17.6 Å². The average Bonchev–Trinajstić information content (AvgIpc) is 3.04. The summed E-state index contributed by atoms with van der Waals surface area (Å²) in [5, 5.41) is 2.99. The number of rotatable bonds is 5. The maximum absolute atomic E-state index is 14.5. The first-order valence-corrected chi connectivity index (χ1v) is 10.4. The van der Waals surface area contributed by atoms with Crippen LogP contribution < -0.4 is 15.8 Å². The van der Waals surface area contributed by atoms with E-state index < -0.39 is 11.7 Å². The first-order chi connectivity index (χ1) is 15.1. The molecule has 3 aromatic rings. The number of Topliss-reactive ketones (excluding diaryl/α,β-unsaturated/α-hetero) is 1. The molecule has 0 saturated carbocycles. The molecule has 0 fully saturated rings. The lowest BCUT2D eigenvalue weighted by Crippen LogP contribution is -2.27. The number of nitrogens with two attached hydrogens (primary N) is 1. The fourth-order valence-electron chi connectivity index (χ4n) is 4.37. The Bertz CT molecular complexity index is 1240. The normalized spacial score (nSPS) is 14.7. The highest BCUT2D eigenvalue weighted by atomic mass is 19.1. The summed E-state index contributed by atoms with van der Waals surface area (Å²) >= 11 is 0. The van der Waals surface area contributed by atoms with Crippen LogP contribution in [0.4, 0.5) is 15.8 Å². The van der Waals surface area contributed by atoms with Crippen LogP contribution in [-0.4, -0.2) is 23.4 Å². The predicted molar refractivity (Wildman–Crippen MR) is 122 cm³/mol. The van der Waals surface area contributed by atoms with Gasteiger partial charge >= 0.3 is 0 Å². The van der Waals surface area contributed by atoms with Gasteiger partial charge in [0, 0.05) is 35.1 Å². The Morgan fingerprint density at radius 1 is 1.12 bits per heavy atom. The van der Waals surface area contributed by atoms with Gasteiger partial charge in [-0.15, -0.1) is 0 Å². The molecular formula is C25H26FN3O3. The lowest BCUT2D eigenvalue weighted by atomic mass is 9.76. The molecule has 2 aromatic carbocycles. The first kappa shape index (κ1) is 21.6. The second kappa shape index (κ2) is 7.82. The van der Waals surface area contributed by atoms with Crippen LogP contribution in [0.2, 0.25) is 0 Å². The molecule has 0 bridgehead atoms. The maximum atomic E-state index is 14.5. The largest absolute Gasteiger partial charge is 0.497 e. The maximum Gasteiger partial charge on any atom is 0.250 e. The predicted octanol–water partition coefficient (Wildman–Crippen LogP) is 4.93. The molecule has 0 saturated heterocycles. The number of ketones is 1. The van der Waals surface area contributed by atoms with E-state index in [1.165, 1.54) is 19.2 Å². The molecule has 1 aliphatic carbocycles. The highest BCUT2D eigenvalue weighted by molar-refractivity contribution is 6.00. The van der Waals surface area contributed by atoms with Gasteiger partial charge in [0.05, 0.1) is 24.0 Å². The van der Waals surface area contributed by atoms with Gasteiger partial charge in [-0.3, -0.25) is 9.59 Å². The quantitative estimate of drug-likeness (QED) is 0.595. The van der Waals surface area contributed by atoms with Crippen molar-refractivity contribution in [1.29, 1.82) is 0 Å². The van der Waals surface area contributed by atoms with Crippen LogP contribution >= 0.6 is 0 Å². The molecule has 1 heterocycles. The van der Waals surface area contributed by atoms with Gasteiger partial charge in [0.15, 0.2) is 5.78 Å². The van der Waals surface area contributed by atoms with Crippen molar-refractivity contribution in [3.63, 3.8) is 0 Å². The third-order valence-corrected chi connectivity index (χ3v) is 5.84. The van der Waals surface area contributed by atoms with Crippen molar-refractivity contribution in [3.05, 3.63) is 70.8 Å². The third-order valence-electron chi connectivity index (χ3n) is 5.84. The lowest BCUT2D eigenvalue weighted by molar-refractivity contribution is 0.0910. The number of aryl methyl sites for hydroxylation is 1. The molecule has 32 heavy (non-hydrogen) atoms. The summed E-state index contributed by atoms with van der Waals surface area (Å²) in [4.78, 5) is 24.7. The highest BCUT2D eigenvalue weighted by Gasteiger charge is 2.34. The molecule has 6 nitrogen and oxygen atoms in total. The zero-order valence-corrected chi connectivity index (χ0v) is 18.6. The Morgan fingerprint density at radius 3 is 2.53 bits per heavy atom. The molecule has 1 aromatic heterocycles. The number of benzene rings is 2. The summed E-state index contributed by atoms with van der Waals surface area (Å²) in [5.74, 6) is -0.633. The Hall–Kier alpha value is -3.61. The lowest BCUT2D eigenvalue weighted by Gasteiger charge is -2.30. The molecule has 0 unspecified atom stereocenters. The average molecular weight is 435 g/mol. The SMILES string of the molecule is COc1ccc(Nc2cc(-n3c(C)cc4c3CC(C)(C)CC4=O)ccc2C(N)=O)c(F)c1. The zero-order valence-electron chi connectivity index (χ0n) is 18.6. The molecule has 0 aliphatic heterocycles. The van der Waals surface area contributed by atoms with Crippen LogP contribution in [0.3, 0.4) is 0 Å². The number of aromatic nitrogens is 1. The number of nitrogens with one attached hydrogen (secondary N) is 1. The van der Waals surface area contributed by atoms with Gasteiger partial charge < -0.3 is 20.4 Å². The monoisotopic (exact) mass is 435 g/mol. The van der Waals surface area contributed by atoms with Crippen LogP contribution in [0.5, 0.6) is 5.75 Å². The minimum absolute atomic E-state index is 0.130. The number of ether oxygens (including phenoxy) is 1. The number of carbonyl (C=O) groups is 2. The van der Waals surface area contributed by atoms with Crippen LogP contribution in [-0.2, 0) is 6.42 Å². The van der Waals surface area contributed by atoms with Crippen LogP contribution in [0.25, 0.3) is 5.69 Å². The number of primary amides is 1. The summed E-state index contributed by atoms with van der Waals surface area (Å²) in [6.07, 6.45) is 1.25. The topological polar surface area (TPSA) is 86.3 Å². The smallest absolute Gasteiger partial charge is 0.250 e. The minimum atomic E-state index is -0.629.